The van der Waals surface area contributed by atoms with Crippen LogP contribution >= 0.6 is 45.8 Å². The number of hydrogen-bond donors (Lipinski definition) is 0. The fourth-order valence-corrected chi connectivity index (χ4v) is 10.6. The maximum atomic E-state index is 13.6. The van der Waals surface area contributed by atoms with E-state index in [-0.39, 0.29) is 15.2 Å². The Kier molecular flexibility index (Phi) is 6.07. The van der Waals surface area contributed by atoms with Gasteiger partial charge in [-0.3, -0.25) is 0 Å². The van der Waals surface area contributed by atoms with Gasteiger partial charge in [0, 0.05) is 5.32 Å². The first-order valence-electron chi connectivity index (χ1n) is 7.91. The molecule has 2 rings (SSSR count). The van der Waals surface area contributed by atoms with Gasteiger partial charge in [-0.1, -0.05) is 62.5 Å². The summed E-state index contributed by atoms with van der Waals surface area (Å²) in [4.78, 5) is 0. The average Bonchev–Trinajstić information content (AvgIpc) is 2.76. The summed E-state index contributed by atoms with van der Waals surface area (Å²) in [6.07, 6.45) is -2.81. The van der Waals surface area contributed by atoms with E-state index in [1.807, 2.05) is 19.6 Å². The van der Waals surface area contributed by atoms with Crippen molar-refractivity contribution >= 4 is 72.4 Å². The molecule has 0 amide bonds. The minimum absolute atomic E-state index is 0.0386. The van der Waals surface area contributed by atoms with Crippen LogP contribution in [0.3, 0.4) is 0 Å². The molecule has 0 unspecified atom stereocenters. The van der Waals surface area contributed by atoms with Crippen LogP contribution < -0.4 is 10.5 Å². The number of halogens is 6. The van der Waals surface area contributed by atoms with E-state index in [0.29, 0.717) is 5.69 Å². The highest BCUT2D eigenvalue weighted by atomic mass is 127. The Balaban J connectivity index is 2.95. The molecule has 26 heavy (non-hydrogen) atoms. The number of nitrogens with zero attached hydrogens (tertiary/aromatic N) is 2. The molecule has 0 bridgehead atoms. The summed E-state index contributed by atoms with van der Waals surface area (Å²) in [5.41, 5.74) is -0.397. The highest BCUT2D eigenvalue weighted by molar-refractivity contribution is 14.1. The van der Waals surface area contributed by atoms with E-state index in [0.717, 1.165) is 15.0 Å². The quantitative estimate of drug-likeness (QED) is 0.344. The van der Waals surface area contributed by atoms with E-state index in [4.69, 9.17) is 23.2 Å². The van der Waals surface area contributed by atoms with Gasteiger partial charge in [-0.25, -0.2) is 4.68 Å². The highest BCUT2D eigenvalue weighted by Gasteiger charge is 2.40. The Morgan fingerprint density at radius 1 is 1.04 bits per heavy atom. The van der Waals surface area contributed by atoms with Crippen molar-refractivity contribution in [2.24, 2.45) is 0 Å². The van der Waals surface area contributed by atoms with Gasteiger partial charge in [-0.15, -0.1) is 0 Å². The lowest BCUT2D eigenvalue weighted by molar-refractivity contribution is -0.136. The first-order chi connectivity index (χ1) is 11.6. The predicted octanol–water partition coefficient (Wildman–Crippen LogP) is 5.89. The second-order valence-corrected chi connectivity index (χ2v) is 20.1. The third-order valence-electron chi connectivity index (χ3n) is 3.90. The summed E-state index contributed by atoms with van der Waals surface area (Å²) in [5, 5.41) is 5.57. The SMILES string of the molecule is C[Si](C)(C)c1c(C(F)(F)F)cc(Cl)c(-n2ncc(I)c2[Si](C)(C)C)c1Cl. The maximum Gasteiger partial charge on any atom is 0.416 e. The van der Waals surface area contributed by atoms with Crippen molar-refractivity contribution in [3.8, 4) is 5.69 Å². The van der Waals surface area contributed by atoms with E-state index in [9.17, 15) is 13.2 Å². The Morgan fingerprint density at radius 2 is 1.58 bits per heavy atom. The lowest BCUT2D eigenvalue weighted by Crippen LogP contribution is -2.46. The van der Waals surface area contributed by atoms with Crippen molar-refractivity contribution in [2.75, 3.05) is 0 Å². The van der Waals surface area contributed by atoms with Crippen LogP contribution in [-0.2, 0) is 6.18 Å². The van der Waals surface area contributed by atoms with Crippen LogP contribution in [0.5, 0.6) is 0 Å². The Bertz CT molecular complexity index is 853. The smallest absolute Gasteiger partial charge is 0.238 e. The van der Waals surface area contributed by atoms with Crippen molar-refractivity contribution in [3.63, 3.8) is 0 Å². The monoisotopic (exact) mass is 550 g/mol. The van der Waals surface area contributed by atoms with Crippen molar-refractivity contribution < 1.29 is 13.2 Å². The number of aromatic nitrogens is 2. The van der Waals surface area contributed by atoms with Gasteiger partial charge in [0.2, 0.25) is 0 Å². The van der Waals surface area contributed by atoms with Crippen molar-refractivity contribution in [3.05, 3.63) is 31.4 Å². The molecule has 0 aliphatic rings. The zero-order valence-electron chi connectivity index (χ0n) is 15.3. The number of benzene rings is 1. The van der Waals surface area contributed by atoms with Gasteiger partial charge < -0.3 is 0 Å². The first-order valence-corrected chi connectivity index (χ1v) is 16.7. The van der Waals surface area contributed by atoms with E-state index in [2.05, 4.69) is 47.3 Å². The number of rotatable bonds is 3. The van der Waals surface area contributed by atoms with Crippen LogP contribution in [0.2, 0.25) is 49.3 Å². The van der Waals surface area contributed by atoms with E-state index in [1.165, 1.54) is 0 Å². The third kappa shape index (κ3) is 4.18. The van der Waals surface area contributed by atoms with Gasteiger partial charge in [0.1, 0.15) is 13.8 Å². The molecule has 0 spiro atoms. The summed E-state index contributed by atoms with van der Waals surface area (Å²) in [5.74, 6) is 0. The molecule has 0 N–H and O–H groups in total. The van der Waals surface area contributed by atoms with Crippen LogP contribution in [0.25, 0.3) is 5.69 Å². The molecular weight excluding hydrogens is 531 g/mol. The highest BCUT2D eigenvalue weighted by Crippen LogP contribution is 2.38. The summed E-state index contributed by atoms with van der Waals surface area (Å²) < 4.78 is 43.5. The molecule has 10 heteroatoms. The van der Waals surface area contributed by atoms with Gasteiger partial charge in [-0.2, -0.15) is 18.3 Å². The van der Waals surface area contributed by atoms with Gasteiger partial charge in [0.25, 0.3) is 0 Å². The molecule has 1 aromatic heterocycles. The number of alkyl halides is 3. The fourth-order valence-electron chi connectivity index (χ4n) is 2.93. The topological polar surface area (TPSA) is 17.8 Å². The normalized spacial score (nSPS) is 13.4. The fraction of sp³-hybridized carbons (Fsp3) is 0.438. The summed E-state index contributed by atoms with van der Waals surface area (Å²) >= 11 is 15.1. The van der Waals surface area contributed by atoms with Crippen LogP contribution in [0.1, 0.15) is 5.56 Å². The average molecular weight is 551 g/mol. The maximum absolute atomic E-state index is 13.6. The first kappa shape index (κ1) is 22.3. The standard InChI is InChI=1S/C16H20Cl2F3IN2Si2/c1-25(2,3)14-9(16(19,20)21)7-10(17)13(12(14)18)24-15(26(4,5)6)11(22)8-23-24/h7-8H,1-6H3. The minimum Gasteiger partial charge on any atom is -0.238 e. The molecule has 2 nitrogen and oxygen atoms in total. The van der Waals surface area contributed by atoms with Gasteiger partial charge in [0.05, 0.1) is 33.4 Å². The molecule has 0 saturated heterocycles. The van der Waals surface area contributed by atoms with Gasteiger partial charge in [-0.05, 0) is 33.8 Å². The summed E-state index contributed by atoms with van der Waals surface area (Å²) in [6, 6.07) is 0.999. The lowest BCUT2D eigenvalue weighted by Gasteiger charge is -2.27. The molecular formula is C16H20Cl2F3IN2Si2. The van der Waals surface area contributed by atoms with Crippen LogP contribution in [-0.4, -0.2) is 25.9 Å². The molecule has 0 saturated carbocycles. The molecule has 144 valence electrons. The lowest BCUT2D eigenvalue weighted by atomic mass is 10.2. The third-order valence-corrected chi connectivity index (χ3v) is 9.93. The zero-order chi connectivity index (χ0) is 20.2. The molecule has 0 aliphatic heterocycles. The van der Waals surface area contributed by atoms with Crippen molar-refractivity contribution in [2.45, 2.75) is 45.5 Å². The molecule has 0 radical (unpaired) electrons. The van der Waals surface area contributed by atoms with Crippen molar-refractivity contribution in [1.29, 1.82) is 0 Å². The van der Waals surface area contributed by atoms with Crippen LogP contribution in [0, 0.1) is 3.57 Å². The molecule has 0 atom stereocenters. The number of hydrogen-bond acceptors (Lipinski definition) is 1. The minimum atomic E-state index is -4.51. The molecule has 0 fully saturated rings. The molecule has 1 heterocycles. The second-order valence-electron chi connectivity index (χ2n) is 8.19. The van der Waals surface area contributed by atoms with Crippen molar-refractivity contribution in [1.82, 2.24) is 9.78 Å². The summed E-state index contributed by atoms with van der Waals surface area (Å²) in [6.45, 7) is 12.0. The van der Waals surface area contributed by atoms with E-state index >= 15 is 0 Å². The largest absolute Gasteiger partial charge is 0.416 e. The molecule has 0 aliphatic carbocycles. The summed E-state index contributed by atoms with van der Waals surface area (Å²) in [7, 11) is -4.27. The predicted molar refractivity (Wildman–Crippen MR) is 117 cm³/mol. The second kappa shape index (κ2) is 7.09. The molecule has 1 aromatic carbocycles. The van der Waals surface area contributed by atoms with E-state index in [1.54, 1.807) is 10.9 Å². The zero-order valence-corrected chi connectivity index (χ0v) is 21.0. The van der Waals surface area contributed by atoms with Gasteiger partial charge in [0.15, 0.2) is 0 Å². The van der Waals surface area contributed by atoms with Gasteiger partial charge >= 0.3 is 6.18 Å². The van der Waals surface area contributed by atoms with Crippen LogP contribution in [0.15, 0.2) is 12.3 Å². The van der Waals surface area contributed by atoms with E-state index < -0.39 is 27.9 Å². The Labute approximate surface area is 177 Å². The Hall–Kier alpha value is -0.0362. The van der Waals surface area contributed by atoms with Crippen LogP contribution in [0.4, 0.5) is 13.2 Å². The Morgan fingerprint density at radius 3 is 2.00 bits per heavy atom. The molecule has 2 aromatic rings.